The minimum absolute atomic E-state index is 0.136. The van der Waals surface area contributed by atoms with Crippen molar-refractivity contribution in [2.24, 2.45) is 0 Å². The van der Waals surface area contributed by atoms with E-state index in [1.54, 1.807) is 12.1 Å². The van der Waals surface area contributed by atoms with Crippen LogP contribution in [0.3, 0.4) is 0 Å². The molecule has 0 radical (unpaired) electrons. The van der Waals surface area contributed by atoms with Gasteiger partial charge in [-0.1, -0.05) is 60.1 Å². The van der Waals surface area contributed by atoms with Gasteiger partial charge < -0.3 is 15.7 Å². The van der Waals surface area contributed by atoms with Gasteiger partial charge in [0.1, 0.15) is 11.9 Å². The number of carboxylic acid groups (broad SMARTS) is 1. The molecule has 0 unspecified atom stereocenters. The maximum Gasteiger partial charge on any atom is 0.317 e. The highest BCUT2D eigenvalue weighted by Gasteiger charge is 2.26. The number of anilines is 1. The predicted molar refractivity (Wildman–Crippen MR) is 130 cm³/mol. The number of carbonyl (C=O) groups is 1. The standard InChI is InChI=1S/C26H21ClF3N3O2/c27-20-13-32-22-10-9-17(16-7-5-15(6-8-16)12-31-14-23(34)35)11-19(22)24(20)33-25(26(29)30)18-3-1-2-4-21(18)28/h1-11,13,25-26,31H,12,14H2,(H,32,33)(H,34,35)/t25-/m0/s1. The van der Waals surface area contributed by atoms with Gasteiger partial charge in [0.2, 0.25) is 0 Å². The summed E-state index contributed by atoms with van der Waals surface area (Å²) < 4.78 is 42.2. The SMILES string of the molecule is O=C(O)CNCc1ccc(-c2ccc3ncc(Cl)c(N[C@@H](c4ccccc4F)C(F)F)c3c2)cc1. The number of carboxylic acids is 1. The molecule has 0 aliphatic rings. The summed E-state index contributed by atoms with van der Waals surface area (Å²) in [5.74, 6) is -1.67. The molecule has 35 heavy (non-hydrogen) atoms. The van der Waals surface area contributed by atoms with Gasteiger partial charge in [0.15, 0.2) is 0 Å². The number of aromatic nitrogens is 1. The Morgan fingerprint density at radius 3 is 2.43 bits per heavy atom. The average molecular weight is 500 g/mol. The van der Waals surface area contributed by atoms with Gasteiger partial charge in [0.05, 0.1) is 22.8 Å². The lowest BCUT2D eigenvalue weighted by Gasteiger charge is -2.22. The summed E-state index contributed by atoms with van der Waals surface area (Å²) in [6, 6.07) is 16.7. The number of nitrogens with one attached hydrogen (secondary N) is 2. The maximum absolute atomic E-state index is 14.3. The van der Waals surface area contributed by atoms with E-state index in [2.05, 4.69) is 15.6 Å². The fourth-order valence-electron chi connectivity index (χ4n) is 3.78. The number of rotatable bonds is 9. The Bertz CT molecular complexity index is 1350. The van der Waals surface area contributed by atoms with E-state index in [4.69, 9.17) is 16.7 Å². The molecule has 1 atom stereocenters. The van der Waals surface area contributed by atoms with E-state index in [1.807, 2.05) is 30.3 Å². The first-order chi connectivity index (χ1) is 16.8. The largest absolute Gasteiger partial charge is 0.480 e. The number of alkyl halides is 2. The molecule has 0 amide bonds. The lowest BCUT2D eigenvalue weighted by molar-refractivity contribution is -0.136. The fraction of sp³-hybridized carbons (Fsp3) is 0.154. The molecule has 0 fully saturated rings. The summed E-state index contributed by atoms with van der Waals surface area (Å²) in [5.41, 5.74) is 3.19. The van der Waals surface area contributed by atoms with Crippen LogP contribution in [0.5, 0.6) is 0 Å². The fourth-order valence-corrected chi connectivity index (χ4v) is 3.99. The van der Waals surface area contributed by atoms with Gasteiger partial charge >= 0.3 is 5.97 Å². The van der Waals surface area contributed by atoms with Gasteiger partial charge in [-0.05, 0) is 34.9 Å². The Hall–Kier alpha value is -3.62. The smallest absolute Gasteiger partial charge is 0.317 e. The first-order valence-corrected chi connectivity index (χ1v) is 11.1. The second kappa shape index (κ2) is 10.8. The number of aliphatic carboxylic acids is 1. The van der Waals surface area contributed by atoms with Crippen molar-refractivity contribution >= 4 is 34.2 Å². The summed E-state index contributed by atoms with van der Waals surface area (Å²) in [5, 5.41) is 15.0. The number of pyridine rings is 1. The zero-order chi connectivity index (χ0) is 24.9. The zero-order valence-corrected chi connectivity index (χ0v) is 19.1. The van der Waals surface area contributed by atoms with Crippen LogP contribution in [0.2, 0.25) is 5.02 Å². The molecule has 1 aromatic heterocycles. The van der Waals surface area contributed by atoms with Crippen molar-refractivity contribution < 1.29 is 23.1 Å². The van der Waals surface area contributed by atoms with E-state index < -0.39 is 24.3 Å². The molecule has 0 spiro atoms. The van der Waals surface area contributed by atoms with Gasteiger partial charge in [-0.25, -0.2) is 13.2 Å². The van der Waals surface area contributed by atoms with Crippen LogP contribution in [-0.4, -0.2) is 29.0 Å². The molecule has 1 heterocycles. The highest BCUT2D eigenvalue weighted by molar-refractivity contribution is 6.34. The molecule has 4 rings (SSSR count). The number of nitrogens with zero attached hydrogens (tertiary/aromatic N) is 1. The van der Waals surface area contributed by atoms with Crippen molar-refractivity contribution in [1.82, 2.24) is 10.3 Å². The zero-order valence-electron chi connectivity index (χ0n) is 18.3. The molecule has 0 aliphatic heterocycles. The van der Waals surface area contributed by atoms with Crippen LogP contribution in [0.4, 0.5) is 18.9 Å². The molecule has 4 aromatic rings. The topological polar surface area (TPSA) is 74.2 Å². The van der Waals surface area contributed by atoms with E-state index in [-0.39, 0.29) is 22.8 Å². The van der Waals surface area contributed by atoms with Crippen LogP contribution in [0.25, 0.3) is 22.0 Å². The molecule has 180 valence electrons. The average Bonchev–Trinajstić information content (AvgIpc) is 2.84. The van der Waals surface area contributed by atoms with Crippen molar-refractivity contribution in [2.75, 3.05) is 11.9 Å². The second-order valence-corrected chi connectivity index (χ2v) is 8.29. The summed E-state index contributed by atoms with van der Waals surface area (Å²) in [6.07, 6.45) is -1.52. The first kappa shape index (κ1) is 24.5. The van der Waals surface area contributed by atoms with E-state index in [0.717, 1.165) is 22.8 Å². The number of halogens is 4. The maximum atomic E-state index is 14.3. The first-order valence-electron chi connectivity index (χ1n) is 10.7. The van der Waals surface area contributed by atoms with Gasteiger partial charge in [-0.3, -0.25) is 9.78 Å². The van der Waals surface area contributed by atoms with Gasteiger partial charge in [0, 0.05) is 23.7 Å². The molecular formula is C26H21ClF3N3O2. The number of benzene rings is 3. The number of hydrogen-bond acceptors (Lipinski definition) is 4. The van der Waals surface area contributed by atoms with Gasteiger partial charge in [-0.2, -0.15) is 0 Å². The molecule has 5 nitrogen and oxygen atoms in total. The van der Waals surface area contributed by atoms with Crippen molar-refractivity contribution in [3.63, 3.8) is 0 Å². The molecule has 9 heteroatoms. The van der Waals surface area contributed by atoms with Crippen molar-refractivity contribution in [1.29, 1.82) is 0 Å². The van der Waals surface area contributed by atoms with E-state index >= 15 is 0 Å². The summed E-state index contributed by atoms with van der Waals surface area (Å²) in [6.45, 7) is 0.269. The van der Waals surface area contributed by atoms with E-state index in [9.17, 15) is 18.0 Å². The van der Waals surface area contributed by atoms with Crippen molar-refractivity contribution in [2.45, 2.75) is 19.0 Å². The highest BCUT2D eigenvalue weighted by atomic mass is 35.5. The van der Waals surface area contributed by atoms with E-state index in [0.29, 0.717) is 17.4 Å². The van der Waals surface area contributed by atoms with Crippen LogP contribution < -0.4 is 10.6 Å². The summed E-state index contributed by atoms with van der Waals surface area (Å²) in [7, 11) is 0. The Kier molecular flexibility index (Phi) is 7.53. The van der Waals surface area contributed by atoms with Crippen LogP contribution >= 0.6 is 11.6 Å². The van der Waals surface area contributed by atoms with Crippen LogP contribution in [0.1, 0.15) is 17.2 Å². The minimum Gasteiger partial charge on any atom is -0.480 e. The van der Waals surface area contributed by atoms with Crippen molar-refractivity contribution in [3.05, 3.63) is 94.9 Å². The Labute approximate surface area is 204 Å². The number of hydrogen-bond donors (Lipinski definition) is 3. The Morgan fingerprint density at radius 2 is 1.74 bits per heavy atom. The summed E-state index contributed by atoms with van der Waals surface area (Å²) in [4.78, 5) is 14.9. The Morgan fingerprint density at radius 1 is 1.03 bits per heavy atom. The highest BCUT2D eigenvalue weighted by Crippen LogP contribution is 2.37. The van der Waals surface area contributed by atoms with Crippen LogP contribution in [0.15, 0.2) is 72.9 Å². The third kappa shape index (κ3) is 5.72. The molecule has 3 N–H and O–H groups in total. The van der Waals surface area contributed by atoms with Gasteiger partial charge in [0.25, 0.3) is 6.43 Å². The summed E-state index contributed by atoms with van der Waals surface area (Å²) >= 11 is 6.36. The normalized spacial score (nSPS) is 12.1. The lowest BCUT2D eigenvalue weighted by Crippen LogP contribution is -2.21. The van der Waals surface area contributed by atoms with Gasteiger partial charge in [-0.15, -0.1) is 0 Å². The minimum atomic E-state index is -2.89. The van der Waals surface area contributed by atoms with Crippen molar-refractivity contribution in [3.8, 4) is 11.1 Å². The third-order valence-electron chi connectivity index (χ3n) is 5.51. The second-order valence-electron chi connectivity index (χ2n) is 7.89. The molecule has 0 bridgehead atoms. The predicted octanol–water partition coefficient (Wildman–Crippen LogP) is 6.29. The molecule has 0 aliphatic carbocycles. The van der Waals surface area contributed by atoms with E-state index in [1.165, 1.54) is 24.4 Å². The molecule has 3 aromatic carbocycles. The lowest BCUT2D eigenvalue weighted by atomic mass is 10.0. The Balaban J connectivity index is 1.67. The quantitative estimate of drug-likeness (QED) is 0.252. The third-order valence-corrected chi connectivity index (χ3v) is 5.79. The molecule has 0 saturated carbocycles. The molecule has 0 saturated heterocycles. The monoisotopic (exact) mass is 499 g/mol. The number of fused-ring (bicyclic) bond motifs is 1. The van der Waals surface area contributed by atoms with Crippen LogP contribution in [0, 0.1) is 5.82 Å². The van der Waals surface area contributed by atoms with Crippen LogP contribution in [-0.2, 0) is 11.3 Å². The molecular weight excluding hydrogens is 479 g/mol.